The lowest BCUT2D eigenvalue weighted by atomic mass is 10.1. The van der Waals surface area contributed by atoms with Crippen molar-refractivity contribution in [2.75, 3.05) is 25.5 Å². The molecule has 164 valence electrons. The average Bonchev–Trinajstić information content (AvgIpc) is 3.41. The molecule has 0 aliphatic carbocycles. The quantitative estimate of drug-likeness (QED) is 0.689. The number of carboxylic acid groups (broad SMARTS) is 1. The first kappa shape index (κ1) is 23.1. The molecule has 0 saturated carbocycles. The molecule has 0 aromatic carbocycles. The summed E-state index contributed by atoms with van der Waals surface area (Å²) >= 11 is 1.19. The highest BCUT2D eigenvalue weighted by Gasteiger charge is 2.38. The van der Waals surface area contributed by atoms with Crippen LogP contribution in [0.5, 0.6) is 0 Å². The van der Waals surface area contributed by atoms with Crippen molar-refractivity contribution in [3.05, 3.63) is 29.4 Å². The number of imidazole rings is 1. The summed E-state index contributed by atoms with van der Waals surface area (Å²) in [6.45, 7) is 1.25. The van der Waals surface area contributed by atoms with Gasteiger partial charge in [-0.3, -0.25) is 5.32 Å². The largest absolute Gasteiger partial charge is 0.490 e. The number of aromatic nitrogens is 3. The maximum absolute atomic E-state index is 12.4. The van der Waals surface area contributed by atoms with Crippen molar-refractivity contribution in [3.63, 3.8) is 0 Å². The van der Waals surface area contributed by atoms with E-state index in [0.717, 1.165) is 12.2 Å². The number of rotatable bonds is 3. The van der Waals surface area contributed by atoms with Gasteiger partial charge in [0.05, 0.1) is 12.6 Å². The van der Waals surface area contributed by atoms with E-state index in [1.54, 1.807) is 11.1 Å². The Balaban J connectivity index is 0.000000396. The number of nitrogens with one attached hydrogen (secondary N) is 1. The van der Waals surface area contributed by atoms with Crippen molar-refractivity contribution >= 4 is 34.3 Å². The molecule has 2 amide bonds. The second kappa shape index (κ2) is 9.56. The Labute approximate surface area is 172 Å². The van der Waals surface area contributed by atoms with Crippen LogP contribution < -0.4 is 5.32 Å². The van der Waals surface area contributed by atoms with Crippen molar-refractivity contribution < 1.29 is 37.4 Å². The van der Waals surface area contributed by atoms with E-state index in [1.165, 1.54) is 24.0 Å². The number of hydrogen-bond donors (Lipinski definition) is 2. The lowest BCUT2D eigenvalue weighted by Gasteiger charge is -2.17. The Bertz CT molecular complexity index is 913. The zero-order valence-corrected chi connectivity index (χ0v) is 16.7. The summed E-state index contributed by atoms with van der Waals surface area (Å²) in [6.07, 6.45) is -0.555. The Morgan fingerprint density at radius 1 is 1.33 bits per heavy atom. The van der Waals surface area contributed by atoms with Crippen LogP contribution in [0.1, 0.15) is 28.7 Å². The monoisotopic (exact) mass is 449 g/mol. The highest BCUT2D eigenvalue weighted by atomic mass is 32.1. The Morgan fingerprint density at radius 2 is 2.00 bits per heavy atom. The molecular weight excluding hydrogens is 431 g/mol. The highest BCUT2D eigenvalue weighted by Crippen LogP contribution is 2.27. The number of likely N-dealkylation sites (tertiary alicyclic amines) is 1. The van der Waals surface area contributed by atoms with Gasteiger partial charge in [-0.05, 0) is 6.42 Å². The topological polar surface area (TPSA) is 127 Å². The van der Waals surface area contributed by atoms with Gasteiger partial charge in [0.2, 0.25) is 0 Å². The Morgan fingerprint density at radius 3 is 2.53 bits per heavy atom. The molecule has 1 saturated heterocycles. The van der Waals surface area contributed by atoms with Gasteiger partial charge in [0.1, 0.15) is 10.8 Å². The molecule has 1 aliphatic heterocycles. The van der Waals surface area contributed by atoms with E-state index in [2.05, 4.69) is 20.0 Å². The van der Waals surface area contributed by atoms with Gasteiger partial charge in [0.25, 0.3) is 0 Å². The number of urea groups is 1. The number of halogens is 3. The smallest absolute Gasteiger partial charge is 0.475 e. The van der Waals surface area contributed by atoms with Gasteiger partial charge < -0.3 is 19.3 Å². The van der Waals surface area contributed by atoms with Gasteiger partial charge in [-0.1, -0.05) is 0 Å². The standard InChI is InChI=1S/C14H17N5O3S.C2HF3O2/c1-18-6-4-15-11(18)9-3-5-19(7-9)14(21)17-12-10(13(20)22-2)16-8-23-12;3-2(4,5)1(6)7/h4,6,8-9H,3,5,7H2,1-2H3,(H,17,21);(H,6,7). The van der Waals surface area contributed by atoms with E-state index in [-0.39, 0.29) is 17.6 Å². The molecule has 30 heavy (non-hydrogen) atoms. The van der Waals surface area contributed by atoms with Gasteiger partial charge in [0.15, 0.2) is 5.69 Å². The molecule has 1 unspecified atom stereocenters. The minimum atomic E-state index is -5.08. The predicted octanol–water partition coefficient (Wildman–Crippen LogP) is 2.32. The van der Waals surface area contributed by atoms with Crippen LogP contribution in [-0.4, -0.2) is 68.9 Å². The Kier molecular flexibility index (Phi) is 7.37. The van der Waals surface area contributed by atoms with Gasteiger partial charge in [-0.25, -0.2) is 24.4 Å². The zero-order chi connectivity index (χ0) is 22.5. The molecule has 2 aromatic heterocycles. The maximum atomic E-state index is 12.4. The minimum absolute atomic E-state index is 0.130. The number of thiazole rings is 1. The number of anilines is 1. The molecule has 10 nitrogen and oxygen atoms in total. The third-order valence-electron chi connectivity index (χ3n) is 4.11. The van der Waals surface area contributed by atoms with E-state index in [1.807, 2.05) is 17.8 Å². The van der Waals surface area contributed by atoms with E-state index >= 15 is 0 Å². The third kappa shape index (κ3) is 5.68. The fourth-order valence-electron chi connectivity index (χ4n) is 2.68. The molecule has 2 aromatic rings. The van der Waals surface area contributed by atoms with Crippen LogP contribution in [0.2, 0.25) is 0 Å². The molecule has 1 fully saturated rings. The molecule has 3 rings (SSSR count). The molecule has 3 heterocycles. The number of esters is 1. The summed E-state index contributed by atoms with van der Waals surface area (Å²) in [7, 11) is 3.23. The van der Waals surface area contributed by atoms with Crippen LogP contribution in [0.4, 0.5) is 23.0 Å². The first-order valence-corrected chi connectivity index (χ1v) is 9.27. The fourth-order valence-corrected chi connectivity index (χ4v) is 3.34. The summed E-state index contributed by atoms with van der Waals surface area (Å²) in [5.41, 5.74) is 1.63. The summed E-state index contributed by atoms with van der Waals surface area (Å²) in [5, 5.41) is 10.3. The lowest BCUT2D eigenvalue weighted by Crippen LogP contribution is -2.33. The summed E-state index contributed by atoms with van der Waals surface area (Å²) < 4.78 is 38.4. The molecular formula is C16H18F3N5O5S. The minimum Gasteiger partial charge on any atom is -0.475 e. The molecule has 14 heteroatoms. The van der Waals surface area contributed by atoms with E-state index in [4.69, 9.17) is 9.90 Å². The van der Waals surface area contributed by atoms with Crippen LogP contribution in [0.3, 0.4) is 0 Å². The number of carboxylic acids is 1. The van der Waals surface area contributed by atoms with E-state index in [0.29, 0.717) is 18.1 Å². The van der Waals surface area contributed by atoms with Crippen LogP contribution in [-0.2, 0) is 16.6 Å². The number of aliphatic carboxylic acids is 1. The van der Waals surface area contributed by atoms with Crippen molar-refractivity contribution in [1.82, 2.24) is 19.4 Å². The Hall–Kier alpha value is -3.16. The third-order valence-corrected chi connectivity index (χ3v) is 4.85. The number of ether oxygens (including phenoxy) is 1. The normalized spacial score (nSPS) is 15.9. The first-order valence-electron chi connectivity index (χ1n) is 8.39. The zero-order valence-electron chi connectivity index (χ0n) is 15.8. The van der Waals surface area contributed by atoms with Crippen LogP contribution >= 0.6 is 11.3 Å². The molecule has 0 bridgehead atoms. The number of hydrogen-bond acceptors (Lipinski definition) is 7. The lowest BCUT2D eigenvalue weighted by molar-refractivity contribution is -0.192. The van der Waals surface area contributed by atoms with Crippen LogP contribution in [0.15, 0.2) is 17.9 Å². The summed E-state index contributed by atoms with van der Waals surface area (Å²) in [6, 6.07) is -0.240. The average molecular weight is 449 g/mol. The second-order valence-electron chi connectivity index (χ2n) is 6.08. The maximum Gasteiger partial charge on any atom is 0.490 e. The SMILES string of the molecule is COC(=O)c1ncsc1NC(=O)N1CCC(c2nccn2C)C1.O=C(O)C(F)(F)F. The number of amides is 2. The van der Waals surface area contributed by atoms with E-state index < -0.39 is 18.1 Å². The first-order chi connectivity index (χ1) is 14.0. The van der Waals surface area contributed by atoms with Gasteiger partial charge in [-0.2, -0.15) is 13.2 Å². The van der Waals surface area contributed by atoms with Gasteiger partial charge in [0, 0.05) is 38.4 Å². The van der Waals surface area contributed by atoms with E-state index in [9.17, 15) is 22.8 Å². The molecule has 0 spiro atoms. The summed E-state index contributed by atoms with van der Waals surface area (Å²) in [4.78, 5) is 42.9. The molecule has 2 N–H and O–H groups in total. The number of alkyl halides is 3. The number of nitrogens with zero attached hydrogens (tertiary/aromatic N) is 4. The van der Waals surface area contributed by atoms with Gasteiger partial charge >= 0.3 is 24.1 Å². The summed E-state index contributed by atoms with van der Waals surface area (Å²) in [5.74, 6) is -2.11. The number of carbonyl (C=O) groups excluding carboxylic acids is 2. The van der Waals surface area contributed by atoms with Gasteiger partial charge in [-0.15, -0.1) is 11.3 Å². The number of carbonyl (C=O) groups is 3. The molecule has 1 aliphatic rings. The van der Waals surface area contributed by atoms with Crippen LogP contribution in [0.25, 0.3) is 0 Å². The molecule has 1 atom stereocenters. The second-order valence-corrected chi connectivity index (χ2v) is 6.94. The van der Waals surface area contributed by atoms with Crippen LogP contribution in [0, 0.1) is 0 Å². The predicted molar refractivity (Wildman–Crippen MR) is 98.3 cm³/mol. The van der Waals surface area contributed by atoms with Crippen molar-refractivity contribution in [1.29, 1.82) is 0 Å². The molecule has 0 radical (unpaired) electrons. The number of aryl methyl sites for hydroxylation is 1. The van der Waals surface area contributed by atoms with Crippen molar-refractivity contribution in [2.24, 2.45) is 7.05 Å². The number of methoxy groups -OCH3 is 1. The van der Waals surface area contributed by atoms with Crippen molar-refractivity contribution in [3.8, 4) is 0 Å². The highest BCUT2D eigenvalue weighted by molar-refractivity contribution is 7.14. The fraction of sp³-hybridized carbons (Fsp3) is 0.438. The van der Waals surface area contributed by atoms with Crippen molar-refractivity contribution in [2.45, 2.75) is 18.5 Å².